The molecule has 1 aromatic heterocycles. The molecule has 124 valence electrons. The highest BCUT2D eigenvalue weighted by molar-refractivity contribution is 7.15. The normalized spacial score (nSPS) is 22.6. The van der Waals surface area contributed by atoms with E-state index in [4.69, 9.17) is 5.73 Å². The zero-order valence-electron chi connectivity index (χ0n) is 12.7. The molecule has 2 N–H and O–H groups in total. The molecule has 2 atom stereocenters. The zero-order valence-corrected chi connectivity index (χ0v) is 13.5. The van der Waals surface area contributed by atoms with Crippen molar-refractivity contribution in [3.63, 3.8) is 0 Å². The Balaban J connectivity index is 1.79. The van der Waals surface area contributed by atoms with Gasteiger partial charge in [0.2, 0.25) is 0 Å². The summed E-state index contributed by atoms with van der Waals surface area (Å²) in [5.41, 5.74) is 5.99. The van der Waals surface area contributed by atoms with Crippen LogP contribution in [0.15, 0.2) is 30.5 Å². The fraction of sp³-hybridized carbons (Fsp3) is 0.438. The molecule has 1 saturated heterocycles. The van der Waals surface area contributed by atoms with Crippen molar-refractivity contribution in [2.24, 2.45) is 5.92 Å². The van der Waals surface area contributed by atoms with Crippen LogP contribution in [0, 0.1) is 5.92 Å². The topological polar surface area (TPSA) is 42.2 Å². The molecule has 3 nitrogen and oxygen atoms in total. The molecule has 1 aromatic carbocycles. The summed E-state index contributed by atoms with van der Waals surface area (Å²) in [6.45, 7) is 3.81. The highest BCUT2D eigenvalue weighted by Gasteiger charge is 2.33. The van der Waals surface area contributed by atoms with Gasteiger partial charge in [0.15, 0.2) is 5.13 Å². The average Bonchev–Trinajstić information content (AvgIpc) is 3.04. The van der Waals surface area contributed by atoms with Gasteiger partial charge in [-0.05, 0) is 30.0 Å². The van der Waals surface area contributed by atoms with E-state index in [-0.39, 0.29) is 6.04 Å². The molecule has 1 aliphatic heterocycles. The van der Waals surface area contributed by atoms with Gasteiger partial charge in [0, 0.05) is 30.2 Å². The lowest BCUT2D eigenvalue weighted by molar-refractivity contribution is -0.137. The lowest BCUT2D eigenvalue weighted by Crippen LogP contribution is -2.23. The van der Waals surface area contributed by atoms with Crippen LogP contribution < -0.4 is 5.73 Å². The highest BCUT2D eigenvalue weighted by Crippen LogP contribution is 2.38. The lowest BCUT2D eigenvalue weighted by Gasteiger charge is -2.24. The maximum Gasteiger partial charge on any atom is 0.416 e. The number of hydrogen-bond acceptors (Lipinski definition) is 4. The Kier molecular flexibility index (Phi) is 4.33. The number of rotatable bonds is 3. The summed E-state index contributed by atoms with van der Waals surface area (Å²) in [5.74, 6) is 0.507. The van der Waals surface area contributed by atoms with Crippen LogP contribution in [0.3, 0.4) is 0 Å². The van der Waals surface area contributed by atoms with Crippen molar-refractivity contribution < 1.29 is 13.2 Å². The zero-order chi connectivity index (χ0) is 16.6. The maximum atomic E-state index is 12.7. The molecule has 0 aliphatic carbocycles. The van der Waals surface area contributed by atoms with Gasteiger partial charge >= 0.3 is 6.18 Å². The van der Waals surface area contributed by atoms with E-state index in [1.807, 2.05) is 0 Å². The Morgan fingerprint density at radius 1 is 1.30 bits per heavy atom. The summed E-state index contributed by atoms with van der Waals surface area (Å²) in [6, 6.07) is 5.66. The Bertz CT molecular complexity index is 666. The van der Waals surface area contributed by atoms with Gasteiger partial charge in [-0.3, -0.25) is 4.90 Å². The fourth-order valence-corrected chi connectivity index (χ4v) is 3.85. The van der Waals surface area contributed by atoms with Gasteiger partial charge in [-0.1, -0.05) is 19.1 Å². The van der Waals surface area contributed by atoms with Crippen LogP contribution in [0.2, 0.25) is 0 Å². The van der Waals surface area contributed by atoms with E-state index < -0.39 is 11.7 Å². The van der Waals surface area contributed by atoms with Crippen molar-refractivity contribution in [1.29, 1.82) is 0 Å². The van der Waals surface area contributed by atoms with E-state index >= 15 is 0 Å². The van der Waals surface area contributed by atoms with Crippen LogP contribution in [0.25, 0.3) is 0 Å². The monoisotopic (exact) mass is 341 g/mol. The van der Waals surface area contributed by atoms with Gasteiger partial charge in [-0.25, -0.2) is 4.98 Å². The summed E-state index contributed by atoms with van der Waals surface area (Å²) >= 11 is 1.46. The molecule has 1 fully saturated rings. The van der Waals surface area contributed by atoms with E-state index in [0.717, 1.165) is 30.0 Å². The minimum absolute atomic E-state index is 0.135. The lowest BCUT2D eigenvalue weighted by atomic mass is 9.99. The number of nitrogen functional groups attached to an aromatic ring is 1. The molecule has 23 heavy (non-hydrogen) atoms. The molecule has 0 amide bonds. The number of anilines is 1. The van der Waals surface area contributed by atoms with E-state index in [1.54, 1.807) is 18.3 Å². The van der Waals surface area contributed by atoms with Crippen molar-refractivity contribution in [2.75, 3.05) is 12.3 Å². The second-order valence-electron chi connectivity index (χ2n) is 6.07. The van der Waals surface area contributed by atoms with Gasteiger partial charge < -0.3 is 5.73 Å². The van der Waals surface area contributed by atoms with Gasteiger partial charge in [0.05, 0.1) is 5.56 Å². The van der Waals surface area contributed by atoms with Crippen molar-refractivity contribution in [2.45, 2.75) is 32.1 Å². The van der Waals surface area contributed by atoms with E-state index in [0.29, 0.717) is 11.0 Å². The van der Waals surface area contributed by atoms with Crippen molar-refractivity contribution >= 4 is 16.5 Å². The Morgan fingerprint density at radius 3 is 2.57 bits per heavy atom. The SMILES string of the molecule is CC1CC(c2ccc(C(F)(F)F)cc2)N(Cc2cnc(N)s2)C1. The Morgan fingerprint density at radius 2 is 2.00 bits per heavy atom. The molecule has 1 aliphatic rings. The predicted octanol–water partition coefficient (Wildman–Crippen LogP) is 4.33. The molecular formula is C16H18F3N3S. The summed E-state index contributed by atoms with van der Waals surface area (Å²) in [6.07, 6.45) is -1.58. The van der Waals surface area contributed by atoms with Crippen LogP contribution >= 0.6 is 11.3 Å². The molecule has 0 spiro atoms. The second-order valence-corrected chi connectivity index (χ2v) is 7.22. The summed E-state index contributed by atoms with van der Waals surface area (Å²) in [4.78, 5) is 7.43. The summed E-state index contributed by atoms with van der Waals surface area (Å²) in [5, 5.41) is 0.540. The predicted molar refractivity (Wildman–Crippen MR) is 84.9 cm³/mol. The minimum atomic E-state index is -4.29. The third-order valence-electron chi connectivity index (χ3n) is 4.17. The molecule has 2 heterocycles. The molecular weight excluding hydrogens is 323 g/mol. The number of aromatic nitrogens is 1. The summed E-state index contributed by atoms with van der Waals surface area (Å²) < 4.78 is 38.1. The van der Waals surface area contributed by atoms with Crippen LogP contribution in [-0.4, -0.2) is 16.4 Å². The first-order valence-electron chi connectivity index (χ1n) is 7.44. The van der Waals surface area contributed by atoms with Crippen LogP contribution in [0.1, 0.15) is 35.4 Å². The second kappa shape index (κ2) is 6.13. The number of thiazole rings is 1. The van der Waals surface area contributed by atoms with E-state index in [2.05, 4.69) is 16.8 Å². The van der Waals surface area contributed by atoms with E-state index in [9.17, 15) is 13.2 Å². The standard InChI is InChI=1S/C16H18F3N3S/c1-10-6-14(11-2-4-12(5-3-11)16(17,18)19)22(8-10)9-13-7-21-15(20)23-13/h2-5,7,10,14H,6,8-9H2,1H3,(H2,20,21). The molecule has 0 saturated carbocycles. The minimum Gasteiger partial charge on any atom is -0.375 e. The molecule has 3 rings (SSSR count). The molecule has 0 bridgehead atoms. The Hall–Kier alpha value is -1.60. The number of hydrogen-bond donors (Lipinski definition) is 1. The molecule has 7 heteroatoms. The van der Waals surface area contributed by atoms with Crippen LogP contribution in [-0.2, 0) is 12.7 Å². The molecule has 0 radical (unpaired) electrons. The van der Waals surface area contributed by atoms with E-state index in [1.165, 1.54) is 23.5 Å². The third-order valence-corrected chi connectivity index (χ3v) is 4.98. The van der Waals surface area contributed by atoms with Gasteiger partial charge in [-0.15, -0.1) is 11.3 Å². The largest absolute Gasteiger partial charge is 0.416 e. The fourth-order valence-electron chi connectivity index (χ4n) is 3.14. The van der Waals surface area contributed by atoms with Crippen LogP contribution in [0.5, 0.6) is 0 Å². The summed E-state index contributed by atoms with van der Waals surface area (Å²) in [7, 11) is 0. The third kappa shape index (κ3) is 3.67. The number of alkyl halides is 3. The van der Waals surface area contributed by atoms with Crippen LogP contribution in [0.4, 0.5) is 18.3 Å². The smallest absolute Gasteiger partial charge is 0.375 e. The Labute approximate surface area is 136 Å². The number of likely N-dealkylation sites (tertiary alicyclic amines) is 1. The van der Waals surface area contributed by atoms with Crippen molar-refractivity contribution in [1.82, 2.24) is 9.88 Å². The van der Waals surface area contributed by atoms with Crippen molar-refractivity contribution in [3.8, 4) is 0 Å². The average molecular weight is 341 g/mol. The maximum absolute atomic E-state index is 12.7. The number of benzene rings is 1. The molecule has 2 unspecified atom stereocenters. The first-order valence-corrected chi connectivity index (χ1v) is 8.26. The first-order chi connectivity index (χ1) is 10.8. The number of nitrogens with two attached hydrogens (primary N) is 1. The quantitative estimate of drug-likeness (QED) is 0.904. The van der Waals surface area contributed by atoms with Crippen molar-refractivity contribution in [3.05, 3.63) is 46.5 Å². The molecule has 2 aromatic rings. The number of halogens is 3. The first kappa shape index (κ1) is 16.3. The highest BCUT2D eigenvalue weighted by atomic mass is 32.1. The van der Waals surface area contributed by atoms with Gasteiger partial charge in [-0.2, -0.15) is 13.2 Å². The number of nitrogens with zero attached hydrogens (tertiary/aromatic N) is 2. The van der Waals surface area contributed by atoms with Gasteiger partial charge in [0.25, 0.3) is 0 Å². The van der Waals surface area contributed by atoms with Gasteiger partial charge in [0.1, 0.15) is 0 Å².